The van der Waals surface area contributed by atoms with Crippen molar-refractivity contribution in [1.82, 2.24) is 5.32 Å². The Labute approximate surface area is 683 Å². The van der Waals surface area contributed by atoms with E-state index in [9.17, 15) is 61.0 Å². The van der Waals surface area contributed by atoms with E-state index < -0.39 is 124 Å². The van der Waals surface area contributed by atoms with Crippen molar-refractivity contribution in [3.63, 3.8) is 0 Å². The van der Waals surface area contributed by atoms with Crippen LogP contribution in [-0.4, -0.2) is 193 Å². The first-order valence-corrected chi connectivity index (χ1v) is 47.6. The van der Waals surface area contributed by atoms with E-state index in [-0.39, 0.29) is 18.9 Å². The van der Waals surface area contributed by atoms with Crippen molar-refractivity contribution >= 4 is 5.91 Å². The van der Waals surface area contributed by atoms with Gasteiger partial charge in [-0.05, 0) is 32.1 Å². The Kier molecular flexibility index (Phi) is 68.3. The van der Waals surface area contributed by atoms with Gasteiger partial charge in [-0.2, -0.15) is 0 Å². The van der Waals surface area contributed by atoms with Gasteiger partial charge in [-0.15, -0.1) is 0 Å². The van der Waals surface area contributed by atoms with E-state index in [0.717, 1.165) is 38.5 Å². The fraction of sp³-hybridized carbons (Fsp3) is 0.946. The van der Waals surface area contributed by atoms with Crippen LogP contribution in [0.4, 0.5) is 0 Å². The number of hydrogen-bond donors (Lipinski definition) is 12. The lowest BCUT2D eigenvalue weighted by Crippen LogP contribution is -2.66. The molecule has 0 aromatic rings. The molecule has 3 fully saturated rings. The smallest absolute Gasteiger partial charge is 0.220 e. The van der Waals surface area contributed by atoms with Crippen molar-refractivity contribution in [1.29, 1.82) is 0 Å². The van der Waals surface area contributed by atoms with Crippen LogP contribution in [0.3, 0.4) is 0 Å². The minimum atomic E-state index is -1.98. The van der Waals surface area contributed by atoms with Crippen LogP contribution in [0.25, 0.3) is 0 Å². The molecule has 0 saturated carbocycles. The highest BCUT2D eigenvalue weighted by atomic mass is 16.8. The van der Waals surface area contributed by atoms with Gasteiger partial charge in [0.25, 0.3) is 0 Å². The summed E-state index contributed by atoms with van der Waals surface area (Å²) in [5, 5.41) is 121. The van der Waals surface area contributed by atoms with Gasteiger partial charge in [0.2, 0.25) is 5.91 Å². The van der Waals surface area contributed by atoms with Gasteiger partial charge in [0.1, 0.15) is 73.2 Å². The van der Waals surface area contributed by atoms with Gasteiger partial charge in [-0.3, -0.25) is 4.79 Å². The lowest BCUT2D eigenvalue weighted by Gasteiger charge is -2.48. The second kappa shape index (κ2) is 73.2. The molecule has 17 atom stereocenters. The van der Waals surface area contributed by atoms with Crippen molar-refractivity contribution in [3.05, 3.63) is 24.3 Å². The highest BCUT2D eigenvalue weighted by Crippen LogP contribution is 2.34. The Balaban J connectivity index is 1.30. The van der Waals surface area contributed by atoms with Crippen molar-refractivity contribution in [2.75, 3.05) is 26.4 Å². The lowest BCUT2D eigenvalue weighted by molar-refractivity contribution is -0.379. The summed E-state index contributed by atoms with van der Waals surface area (Å²) in [5.74, 6) is -0.275. The van der Waals surface area contributed by atoms with Gasteiger partial charge >= 0.3 is 0 Å². The minimum absolute atomic E-state index is 0.242. The molecule has 3 heterocycles. The molecule has 1 amide bonds. The van der Waals surface area contributed by atoms with Crippen molar-refractivity contribution in [2.24, 2.45) is 0 Å². The lowest BCUT2D eigenvalue weighted by atomic mass is 9.96. The fourth-order valence-electron chi connectivity index (χ4n) is 16.5. The van der Waals surface area contributed by atoms with Crippen LogP contribution in [-0.2, 0) is 33.2 Å². The molecule has 0 aromatic carbocycles. The van der Waals surface area contributed by atoms with E-state index in [1.165, 1.54) is 360 Å². The summed E-state index contributed by atoms with van der Waals surface area (Å²) in [6.45, 7) is 1.80. The highest BCUT2D eigenvalue weighted by Gasteiger charge is 2.54. The van der Waals surface area contributed by atoms with Gasteiger partial charge in [-0.1, -0.05) is 417 Å². The van der Waals surface area contributed by atoms with Crippen molar-refractivity contribution < 1.29 is 89.4 Å². The molecular weight excluding hydrogens is 1420 g/mol. The van der Waals surface area contributed by atoms with E-state index in [2.05, 4.69) is 31.3 Å². The molecule has 3 saturated heterocycles. The largest absolute Gasteiger partial charge is 0.394 e. The monoisotopic (exact) mass is 1600 g/mol. The normalized spacial score (nSPS) is 25.0. The Morgan fingerprint density at radius 1 is 0.312 bits per heavy atom. The average Bonchev–Trinajstić information content (AvgIpc) is 0.782. The Bertz CT molecular complexity index is 2110. The molecule has 12 N–H and O–H groups in total. The summed E-state index contributed by atoms with van der Waals surface area (Å²) in [4.78, 5) is 13.5. The second-order valence-corrected chi connectivity index (χ2v) is 34.2. The van der Waals surface area contributed by atoms with Gasteiger partial charge < -0.3 is 89.9 Å². The summed E-state index contributed by atoms with van der Waals surface area (Å²) in [7, 11) is 0. The van der Waals surface area contributed by atoms with Crippen molar-refractivity contribution in [2.45, 2.75) is 535 Å². The van der Waals surface area contributed by atoms with Crippen LogP contribution in [0, 0.1) is 0 Å². The van der Waals surface area contributed by atoms with E-state index in [4.69, 9.17) is 28.4 Å². The Morgan fingerprint density at radius 2 is 0.571 bits per heavy atom. The number of hydrogen-bond acceptors (Lipinski definition) is 18. The van der Waals surface area contributed by atoms with Crippen molar-refractivity contribution in [3.8, 4) is 0 Å². The van der Waals surface area contributed by atoms with Gasteiger partial charge in [0.05, 0.1) is 38.6 Å². The summed E-state index contributed by atoms with van der Waals surface area (Å²) in [6.07, 6.45) is 66.5. The predicted octanol–water partition coefficient (Wildman–Crippen LogP) is 18.8. The number of carbonyl (C=O) groups is 1. The predicted molar refractivity (Wildman–Crippen MR) is 453 cm³/mol. The number of rotatable bonds is 79. The van der Waals surface area contributed by atoms with Gasteiger partial charge in [0.15, 0.2) is 18.9 Å². The molecule has 0 aromatic heterocycles. The first-order valence-electron chi connectivity index (χ1n) is 47.6. The molecule has 0 bridgehead atoms. The Morgan fingerprint density at radius 3 is 0.893 bits per heavy atom. The van der Waals surface area contributed by atoms with E-state index in [1.807, 2.05) is 6.08 Å². The minimum Gasteiger partial charge on any atom is -0.394 e. The summed E-state index contributed by atoms with van der Waals surface area (Å²) < 4.78 is 34.5. The molecule has 0 aliphatic carbocycles. The number of allylic oxidation sites excluding steroid dienone is 3. The third-order valence-corrected chi connectivity index (χ3v) is 24.0. The zero-order chi connectivity index (χ0) is 81.0. The number of amides is 1. The number of carbonyl (C=O) groups excluding carboxylic acids is 1. The third kappa shape index (κ3) is 51.0. The number of nitrogens with one attached hydrogen (secondary N) is 1. The molecule has 0 spiro atoms. The Hall–Kier alpha value is -1.73. The molecule has 662 valence electrons. The first-order chi connectivity index (χ1) is 54.8. The molecule has 19 nitrogen and oxygen atoms in total. The summed E-state index contributed by atoms with van der Waals surface area (Å²) in [5.41, 5.74) is 0. The quantitative estimate of drug-likeness (QED) is 0.0199. The van der Waals surface area contributed by atoms with Crippen LogP contribution in [0.5, 0.6) is 0 Å². The zero-order valence-electron chi connectivity index (χ0n) is 71.7. The van der Waals surface area contributed by atoms with Gasteiger partial charge in [-0.25, -0.2) is 0 Å². The highest BCUT2D eigenvalue weighted by molar-refractivity contribution is 5.76. The zero-order valence-corrected chi connectivity index (χ0v) is 71.7. The van der Waals surface area contributed by atoms with E-state index in [0.29, 0.717) is 12.8 Å². The van der Waals surface area contributed by atoms with E-state index >= 15 is 0 Å². The fourth-order valence-corrected chi connectivity index (χ4v) is 16.5. The van der Waals surface area contributed by atoms with E-state index in [1.54, 1.807) is 6.08 Å². The third-order valence-electron chi connectivity index (χ3n) is 24.0. The van der Waals surface area contributed by atoms with Crippen LogP contribution in [0.1, 0.15) is 431 Å². The number of aliphatic hydroxyl groups is 11. The molecule has 0 radical (unpaired) electrons. The average molecular weight is 1600 g/mol. The van der Waals surface area contributed by atoms with Crippen LogP contribution in [0.15, 0.2) is 24.3 Å². The summed E-state index contributed by atoms with van der Waals surface area (Å²) in [6, 6.07) is -0.990. The maximum absolute atomic E-state index is 13.5. The summed E-state index contributed by atoms with van der Waals surface area (Å²) >= 11 is 0. The number of unbranched alkanes of at least 4 members (excludes halogenated alkanes) is 61. The first kappa shape index (κ1) is 104. The molecular formula is C93H177NO18. The SMILES string of the molecule is CCCCCCCCCCCCCCCCCCCCCCCC/C=C/CC/C=C/C(O)C(COC1OC(CO)C(OC2OC(CO)C(OC3OC(CO)C(O)C(O)C3O)C(O)C2O)C(O)C1O)NC(=O)CCCCCCCCCCCCCCCCCCCCCCCCCCCCCCCCCCCCCCCCC. The standard InChI is InChI=1S/C93H177NO18/c1-3-5-7-9-11-13-15-17-19-21-23-25-27-29-31-33-34-35-36-37-38-39-40-41-42-43-45-47-49-51-53-55-57-59-61-63-65-67-69-71-81(99)94-76(77(98)70-68-66-64-62-60-58-56-54-52-50-48-46-44-32-30-28-26-24-22-20-18-16-14-12-10-8-6-4-2)75-107-91-87(105)84(102)89(79(73-96)109-91)112-93-88(106)85(103)90(80(74-97)110-93)111-92-86(104)83(101)82(100)78(72-95)108-92/h60,62,68,70,76-80,82-93,95-98,100-106H,3-59,61,63-67,69,71-75H2,1-2H3,(H,94,99)/b62-60+,70-68+. The molecule has 19 heteroatoms. The number of aliphatic hydroxyl groups excluding tert-OH is 11. The number of ether oxygens (including phenoxy) is 6. The maximum atomic E-state index is 13.5. The van der Waals surface area contributed by atoms with Crippen LogP contribution < -0.4 is 5.32 Å². The molecule has 112 heavy (non-hydrogen) atoms. The molecule has 17 unspecified atom stereocenters. The van der Waals surface area contributed by atoms with Crippen LogP contribution in [0.2, 0.25) is 0 Å². The molecule has 3 rings (SSSR count). The van der Waals surface area contributed by atoms with Crippen LogP contribution >= 0.6 is 0 Å². The molecule has 3 aliphatic rings. The van der Waals surface area contributed by atoms with Gasteiger partial charge in [0, 0.05) is 6.42 Å². The second-order valence-electron chi connectivity index (χ2n) is 34.2. The molecule has 3 aliphatic heterocycles. The topological polar surface area (TPSA) is 307 Å². The maximum Gasteiger partial charge on any atom is 0.220 e.